The minimum atomic E-state index is 0.331. The maximum absolute atomic E-state index is 6.25. The highest BCUT2D eigenvalue weighted by Gasteiger charge is 2.28. The zero-order valence-electron chi connectivity index (χ0n) is 11.7. The van der Waals surface area contributed by atoms with Gasteiger partial charge in [0.15, 0.2) is 0 Å². The van der Waals surface area contributed by atoms with Gasteiger partial charge in [-0.15, -0.1) is 0 Å². The van der Waals surface area contributed by atoms with Crippen molar-refractivity contribution in [1.82, 2.24) is 5.32 Å². The summed E-state index contributed by atoms with van der Waals surface area (Å²) >= 11 is 6.25. The number of nitrogens with one attached hydrogen (secondary N) is 1. The third-order valence-corrected chi connectivity index (χ3v) is 4.41. The molecule has 2 rings (SSSR count). The minimum Gasteiger partial charge on any atom is -0.307 e. The maximum Gasteiger partial charge on any atom is 0.0453 e. The molecule has 1 N–H and O–H groups in total. The standard InChI is InChI=1S/C16H24ClN/c1-12(14-8-4-5-9-15(14)17)18-13-7-6-10-16(2,3)11-13/h4-5,8-9,12-13,18H,6-7,10-11H2,1-3H3/t12-,13?/m0/s1. The molecule has 0 amide bonds. The third-order valence-electron chi connectivity index (χ3n) is 4.06. The highest BCUT2D eigenvalue weighted by Crippen LogP contribution is 2.36. The van der Waals surface area contributed by atoms with Crippen LogP contribution in [0.2, 0.25) is 5.02 Å². The van der Waals surface area contributed by atoms with Gasteiger partial charge in [-0.05, 0) is 43.2 Å². The van der Waals surface area contributed by atoms with Gasteiger partial charge in [0.1, 0.15) is 0 Å². The third kappa shape index (κ3) is 3.49. The highest BCUT2D eigenvalue weighted by molar-refractivity contribution is 6.31. The Morgan fingerprint density at radius 1 is 1.33 bits per heavy atom. The summed E-state index contributed by atoms with van der Waals surface area (Å²) in [5.74, 6) is 0. The van der Waals surface area contributed by atoms with Crippen molar-refractivity contribution in [2.75, 3.05) is 0 Å². The van der Waals surface area contributed by atoms with Crippen molar-refractivity contribution in [2.45, 2.75) is 58.5 Å². The zero-order valence-corrected chi connectivity index (χ0v) is 12.4. The number of halogens is 1. The fourth-order valence-electron chi connectivity index (χ4n) is 3.11. The van der Waals surface area contributed by atoms with Gasteiger partial charge in [0, 0.05) is 17.1 Å². The van der Waals surface area contributed by atoms with E-state index in [1.165, 1.54) is 31.2 Å². The molecule has 0 bridgehead atoms. The van der Waals surface area contributed by atoms with Gasteiger partial charge >= 0.3 is 0 Å². The Labute approximate surface area is 116 Å². The van der Waals surface area contributed by atoms with Crippen molar-refractivity contribution < 1.29 is 0 Å². The van der Waals surface area contributed by atoms with E-state index in [1.54, 1.807) is 0 Å². The van der Waals surface area contributed by atoms with Crippen LogP contribution in [0.5, 0.6) is 0 Å². The molecule has 1 fully saturated rings. The van der Waals surface area contributed by atoms with Crippen LogP contribution in [0.1, 0.15) is 58.1 Å². The first kappa shape index (κ1) is 13.9. The van der Waals surface area contributed by atoms with Gasteiger partial charge in [-0.1, -0.05) is 50.1 Å². The van der Waals surface area contributed by atoms with Crippen LogP contribution < -0.4 is 5.32 Å². The molecule has 0 saturated heterocycles. The number of rotatable bonds is 3. The fraction of sp³-hybridized carbons (Fsp3) is 0.625. The SMILES string of the molecule is C[C@H](NC1CCCC(C)(C)C1)c1ccccc1Cl. The smallest absolute Gasteiger partial charge is 0.0453 e. The topological polar surface area (TPSA) is 12.0 Å². The average molecular weight is 266 g/mol. The van der Waals surface area contributed by atoms with E-state index in [1.807, 2.05) is 12.1 Å². The first-order valence-corrected chi connectivity index (χ1v) is 7.36. The van der Waals surface area contributed by atoms with E-state index in [0.717, 1.165) is 5.02 Å². The molecule has 1 unspecified atom stereocenters. The Morgan fingerprint density at radius 3 is 2.72 bits per heavy atom. The predicted molar refractivity (Wildman–Crippen MR) is 79.0 cm³/mol. The highest BCUT2D eigenvalue weighted by atomic mass is 35.5. The van der Waals surface area contributed by atoms with E-state index >= 15 is 0 Å². The largest absolute Gasteiger partial charge is 0.307 e. The van der Waals surface area contributed by atoms with Crippen molar-refractivity contribution in [3.8, 4) is 0 Å². The van der Waals surface area contributed by atoms with Crippen LogP contribution in [0.25, 0.3) is 0 Å². The molecule has 0 spiro atoms. The molecule has 2 heteroatoms. The van der Waals surface area contributed by atoms with Crippen LogP contribution in [0.3, 0.4) is 0 Å². The molecule has 0 aromatic heterocycles. The van der Waals surface area contributed by atoms with Gasteiger partial charge in [0.25, 0.3) is 0 Å². The molecule has 1 aromatic rings. The van der Waals surface area contributed by atoms with Crippen molar-refractivity contribution in [3.05, 3.63) is 34.9 Å². The number of benzene rings is 1. The molecular formula is C16H24ClN. The lowest BCUT2D eigenvalue weighted by molar-refractivity contribution is 0.191. The van der Waals surface area contributed by atoms with E-state index in [4.69, 9.17) is 11.6 Å². The lowest BCUT2D eigenvalue weighted by Gasteiger charge is -2.37. The summed E-state index contributed by atoms with van der Waals surface area (Å²) < 4.78 is 0. The Bertz CT molecular complexity index is 400. The van der Waals surface area contributed by atoms with Crippen LogP contribution in [-0.2, 0) is 0 Å². The van der Waals surface area contributed by atoms with E-state index in [-0.39, 0.29) is 0 Å². The second-order valence-electron chi connectivity index (χ2n) is 6.37. The zero-order chi connectivity index (χ0) is 13.2. The molecule has 100 valence electrons. The van der Waals surface area contributed by atoms with Crippen LogP contribution in [0.4, 0.5) is 0 Å². The van der Waals surface area contributed by atoms with Crippen molar-refractivity contribution >= 4 is 11.6 Å². The van der Waals surface area contributed by atoms with Crippen LogP contribution in [0, 0.1) is 5.41 Å². The molecule has 1 aliphatic carbocycles. The van der Waals surface area contributed by atoms with Crippen LogP contribution in [-0.4, -0.2) is 6.04 Å². The average Bonchev–Trinajstić information content (AvgIpc) is 2.28. The van der Waals surface area contributed by atoms with Gasteiger partial charge in [0.2, 0.25) is 0 Å². The quantitative estimate of drug-likeness (QED) is 0.815. The summed E-state index contributed by atoms with van der Waals surface area (Å²) in [4.78, 5) is 0. The Kier molecular flexibility index (Phi) is 4.34. The van der Waals surface area contributed by atoms with Crippen LogP contribution >= 0.6 is 11.6 Å². The molecule has 18 heavy (non-hydrogen) atoms. The first-order valence-electron chi connectivity index (χ1n) is 6.98. The molecule has 0 heterocycles. The van der Waals surface area contributed by atoms with E-state index in [2.05, 4.69) is 38.2 Å². The summed E-state index contributed by atoms with van der Waals surface area (Å²) in [6, 6.07) is 9.10. The molecule has 2 atom stereocenters. The summed E-state index contributed by atoms with van der Waals surface area (Å²) in [7, 11) is 0. The van der Waals surface area contributed by atoms with Gasteiger partial charge in [-0.25, -0.2) is 0 Å². The summed E-state index contributed by atoms with van der Waals surface area (Å²) in [5, 5.41) is 4.62. The molecular weight excluding hydrogens is 242 g/mol. The normalized spacial score (nSPS) is 24.8. The Morgan fingerprint density at radius 2 is 2.06 bits per heavy atom. The monoisotopic (exact) mass is 265 g/mol. The van der Waals surface area contributed by atoms with Gasteiger partial charge < -0.3 is 5.32 Å². The van der Waals surface area contributed by atoms with Crippen molar-refractivity contribution in [2.24, 2.45) is 5.41 Å². The Hall–Kier alpha value is -0.530. The van der Waals surface area contributed by atoms with Gasteiger partial charge in [-0.3, -0.25) is 0 Å². The number of hydrogen-bond donors (Lipinski definition) is 1. The van der Waals surface area contributed by atoms with Crippen LogP contribution in [0.15, 0.2) is 24.3 Å². The lowest BCUT2D eigenvalue weighted by atomic mass is 9.75. The molecule has 1 aromatic carbocycles. The molecule has 0 aliphatic heterocycles. The second-order valence-corrected chi connectivity index (χ2v) is 6.77. The molecule has 0 radical (unpaired) electrons. The van der Waals surface area contributed by atoms with E-state index < -0.39 is 0 Å². The molecule has 1 aliphatic rings. The summed E-state index contributed by atoms with van der Waals surface area (Å²) in [5.41, 5.74) is 1.69. The van der Waals surface area contributed by atoms with Crippen molar-refractivity contribution in [3.63, 3.8) is 0 Å². The lowest BCUT2D eigenvalue weighted by Crippen LogP contribution is -2.38. The van der Waals surface area contributed by atoms with Gasteiger partial charge in [0.05, 0.1) is 0 Å². The minimum absolute atomic E-state index is 0.331. The summed E-state index contributed by atoms with van der Waals surface area (Å²) in [6.07, 6.45) is 5.24. The predicted octanol–water partition coefficient (Wildman–Crippen LogP) is 4.96. The molecule has 1 nitrogen and oxygen atoms in total. The fourth-order valence-corrected chi connectivity index (χ4v) is 3.41. The first-order chi connectivity index (χ1) is 8.48. The van der Waals surface area contributed by atoms with Crippen molar-refractivity contribution in [1.29, 1.82) is 0 Å². The van der Waals surface area contributed by atoms with E-state index in [9.17, 15) is 0 Å². The second kappa shape index (κ2) is 5.63. The van der Waals surface area contributed by atoms with E-state index in [0.29, 0.717) is 17.5 Å². The number of hydrogen-bond acceptors (Lipinski definition) is 1. The van der Waals surface area contributed by atoms with Gasteiger partial charge in [-0.2, -0.15) is 0 Å². The summed E-state index contributed by atoms with van der Waals surface area (Å²) in [6.45, 7) is 6.96. The Balaban J connectivity index is 1.99. The maximum atomic E-state index is 6.25. The molecule has 1 saturated carbocycles.